The molecule has 15 heavy (non-hydrogen) atoms. The molecule has 0 bridgehead atoms. The van der Waals surface area contributed by atoms with E-state index in [2.05, 4.69) is 0 Å². The van der Waals surface area contributed by atoms with Crippen LogP contribution in [0.1, 0.15) is 58.3 Å². The molecular formula is C12H22O3. The average molecular weight is 214 g/mol. The van der Waals surface area contributed by atoms with Crippen molar-refractivity contribution in [3.63, 3.8) is 0 Å². The summed E-state index contributed by atoms with van der Waals surface area (Å²) in [5.74, 6) is -0.191. The number of rotatable bonds is 10. The minimum atomic E-state index is -0.191. The molecule has 0 saturated carbocycles. The monoisotopic (exact) mass is 214 g/mol. The fourth-order valence-electron chi connectivity index (χ4n) is 1.43. The minimum absolute atomic E-state index is 0.191. The molecule has 0 heterocycles. The highest BCUT2D eigenvalue weighted by molar-refractivity contribution is 5.65. The van der Waals surface area contributed by atoms with Crippen molar-refractivity contribution >= 4 is 12.3 Å². The first-order valence-electron chi connectivity index (χ1n) is 5.84. The molecule has 0 aromatic heterocycles. The van der Waals surface area contributed by atoms with Crippen LogP contribution in [0.15, 0.2) is 0 Å². The van der Waals surface area contributed by atoms with Crippen molar-refractivity contribution in [1.29, 1.82) is 0 Å². The Hall–Kier alpha value is -0.860. The van der Waals surface area contributed by atoms with E-state index in [-0.39, 0.29) is 5.97 Å². The van der Waals surface area contributed by atoms with Crippen LogP contribution >= 0.6 is 0 Å². The van der Waals surface area contributed by atoms with Crippen LogP contribution in [0.3, 0.4) is 0 Å². The number of unbranched alkanes of at least 4 members (excludes halogenated alkanes) is 7. The van der Waals surface area contributed by atoms with E-state index in [4.69, 9.17) is 4.74 Å². The van der Waals surface area contributed by atoms with Gasteiger partial charge in [-0.25, -0.2) is 0 Å². The van der Waals surface area contributed by atoms with Gasteiger partial charge in [-0.05, 0) is 12.8 Å². The Bertz CT molecular complexity index is 166. The zero-order chi connectivity index (χ0) is 11.4. The molecule has 0 amide bonds. The molecular weight excluding hydrogens is 192 g/mol. The van der Waals surface area contributed by atoms with E-state index < -0.39 is 0 Å². The molecule has 0 N–H and O–H groups in total. The highest BCUT2D eigenvalue weighted by Gasteiger charge is 1.94. The number of carbonyl (C=O) groups is 2. The van der Waals surface area contributed by atoms with E-state index in [1.807, 2.05) is 0 Å². The number of aldehydes is 1. The van der Waals surface area contributed by atoms with E-state index in [0.29, 0.717) is 13.0 Å². The summed E-state index contributed by atoms with van der Waals surface area (Å²) in [6, 6.07) is 0. The lowest BCUT2D eigenvalue weighted by molar-refractivity contribution is -0.141. The molecule has 0 unspecified atom stereocenters. The molecule has 0 aliphatic rings. The molecule has 0 spiro atoms. The van der Waals surface area contributed by atoms with Crippen molar-refractivity contribution < 1.29 is 14.3 Å². The van der Waals surface area contributed by atoms with Crippen LogP contribution in [-0.2, 0) is 14.3 Å². The maximum Gasteiger partial charge on any atom is 0.302 e. The van der Waals surface area contributed by atoms with Crippen LogP contribution in [-0.4, -0.2) is 18.9 Å². The van der Waals surface area contributed by atoms with Gasteiger partial charge in [-0.1, -0.05) is 32.1 Å². The zero-order valence-corrected chi connectivity index (χ0v) is 9.67. The number of esters is 1. The van der Waals surface area contributed by atoms with Gasteiger partial charge in [-0.3, -0.25) is 4.79 Å². The predicted molar refractivity (Wildman–Crippen MR) is 59.6 cm³/mol. The van der Waals surface area contributed by atoms with Gasteiger partial charge >= 0.3 is 5.97 Å². The first kappa shape index (κ1) is 14.1. The van der Waals surface area contributed by atoms with Gasteiger partial charge in [0, 0.05) is 13.3 Å². The van der Waals surface area contributed by atoms with Crippen LogP contribution in [0, 0.1) is 0 Å². The van der Waals surface area contributed by atoms with Crippen molar-refractivity contribution in [2.75, 3.05) is 6.61 Å². The molecule has 0 aliphatic heterocycles. The van der Waals surface area contributed by atoms with Gasteiger partial charge in [0.25, 0.3) is 0 Å². The third-order valence-electron chi connectivity index (χ3n) is 2.27. The Morgan fingerprint density at radius 3 is 2.07 bits per heavy atom. The molecule has 0 aromatic carbocycles. The van der Waals surface area contributed by atoms with Crippen LogP contribution in [0.2, 0.25) is 0 Å². The average Bonchev–Trinajstić information content (AvgIpc) is 2.20. The van der Waals surface area contributed by atoms with Crippen molar-refractivity contribution in [3.05, 3.63) is 0 Å². The van der Waals surface area contributed by atoms with Gasteiger partial charge in [0.05, 0.1) is 6.61 Å². The van der Waals surface area contributed by atoms with Crippen molar-refractivity contribution in [2.45, 2.75) is 58.3 Å². The third-order valence-corrected chi connectivity index (χ3v) is 2.27. The standard InChI is InChI=1S/C12H22O3/c1-12(14)15-11-9-7-5-3-2-4-6-8-10-13/h10H,2-9,11H2,1H3. The lowest BCUT2D eigenvalue weighted by Gasteiger charge is -2.02. The summed E-state index contributed by atoms with van der Waals surface area (Å²) in [6.07, 6.45) is 9.59. The van der Waals surface area contributed by atoms with Gasteiger partial charge in [-0.2, -0.15) is 0 Å². The van der Waals surface area contributed by atoms with E-state index >= 15 is 0 Å². The van der Waals surface area contributed by atoms with Crippen LogP contribution in [0.4, 0.5) is 0 Å². The Labute approximate surface area is 92.2 Å². The topological polar surface area (TPSA) is 43.4 Å². The number of ether oxygens (including phenoxy) is 1. The van der Waals surface area contributed by atoms with Crippen LogP contribution in [0.25, 0.3) is 0 Å². The molecule has 0 aromatic rings. The summed E-state index contributed by atoms with van der Waals surface area (Å²) >= 11 is 0. The van der Waals surface area contributed by atoms with E-state index in [9.17, 15) is 9.59 Å². The van der Waals surface area contributed by atoms with Gasteiger partial charge in [-0.15, -0.1) is 0 Å². The summed E-state index contributed by atoms with van der Waals surface area (Å²) in [5, 5.41) is 0. The van der Waals surface area contributed by atoms with Gasteiger partial charge < -0.3 is 9.53 Å². The van der Waals surface area contributed by atoms with E-state index in [1.54, 1.807) is 0 Å². The smallest absolute Gasteiger partial charge is 0.302 e. The van der Waals surface area contributed by atoms with Gasteiger partial charge in [0.15, 0.2) is 0 Å². The second kappa shape index (κ2) is 11.2. The maximum absolute atomic E-state index is 10.4. The lowest BCUT2D eigenvalue weighted by atomic mass is 10.1. The SMILES string of the molecule is CC(=O)OCCCCCCCCCC=O. The molecule has 0 atom stereocenters. The second-order valence-corrected chi connectivity index (χ2v) is 3.77. The van der Waals surface area contributed by atoms with E-state index in [1.165, 1.54) is 26.2 Å². The Balaban J connectivity index is 2.92. The molecule has 0 fully saturated rings. The number of hydrogen-bond donors (Lipinski definition) is 0. The summed E-state index contributed by atoms with van der Waals surface area (Å²) in [4.78, 5) is 20.5. The van der Waals surface area contributed by atoms with E-state index in [0.717, 1.165) is 32.0 Å². The maximum atomic E-state index is 10.4. The Kier molecular flexibility index (Phi) is 10.6. The van der Waals surface area contributed by atoms with Crippen molar-refractivity contribution in [3.8, 4) is 0 Å². The summed E-state index contributed by atoms with van der Waals surface area (Å²) in [6.45, 7) is 1.99. The molecule has 0 rings (SSSR count). The largest absolute Gasteiger partial charge is 0.466 e. The van der Waals surface area contributed by atoms with Crippen molar-refractivity contribution in [1.82, 2.24) is 0 Å². The minimum Gasteiger partial charge on any atom is -0.466 e. The lowest BCUT2D eigenvalue weighted by Crippen LogP contribution is -2.00. The molecule has 0 saturated heterocycles. The zero-order valence-electron chi connectivity index (χ0n) is 9.67. The van der Waals surface area contributed by atoms with Crippen molar-refractivity contribution in [2.24, 2.45) is 0 Å². The first-order valence-corrected chi connectivity index (χ1v) is 5.84. The quantitative estimate of drug-likeness (QED) is 0.319. The molecule has 3 heteroatoms. The third kappa shape index (κ3) is 13.1. The van der Waals surface area contributed by atoms with Gasteiger partial charge in [0.2, 0.25) is 0 Å². The fraction of sp³-hybridized carbons (Fsp3) is 0.833. The highest BCUT2D eigenvalue weighted by Crippen LogP contribution is 2.07. The highest BCUT2D eigenvalue weighted by atomic mass is 16.5. The first-order chi connectivity index (χ1) is 7.27. The molecule has 88 valence electrons. The Morgan fingerprint density at radius 2 is 1.53 bits per heavy atom. The summed E-state index contributed by atoms with van der Waals surface area (Å²) in [7, 11) is 0. The fourth-order valence-corrected chi connectivity index (χ4v) is 1.43. The van der Waals surface area contributed by atoms with Crippen LogP contribution < -0.4 is 0 Å². The summed E-state index contributed by atoms with van der Waals surface area (Å²) in [5.41, 5.74) is 0. The van der Waals surface area contributed by atoms with Gasteiger partial charge in [0.1, 0.15) is 6.29 Å². The molecule has 0 aliphatic carbocycles. The van der Waals surface area contributed by atoms with Crippen LogP contribution in [0.5, 0.6) is 0 Å². The Morgan fingerprint density at radius 1 is 1.00 bits per heavy atom. The molecule has 3 nitrogen and oxygen atoms in total. The number of hydrogen-bond acceptors (Lipinski definition) is 3. The predicted octanol–water partition coefficient (Wildman–Crippen LogP) is 2.87. The normalized spacial score (nSPS) is 9.93. The summed E-state index contributed by atoms with van der Waals surface area (Å²) < 4.78 is 4.82. The molecule has 0 radical (unpaired) electrons. The number of carbonyl (C=O) groups excluding carboxylic acids is 2. The second-order valence-electron chi connectivity index (χ2n) is 3.77.